The Bertz CT molecular complexity index is 295. The molecule has 0 unspecified atom stereocenters. The molecule has 0 radical (unpaired) electrons. The van der Waals surface area contributed by atoms with Gasteiger partial charge in [-0.2, -0.15) is 0 Å². The summed E-state index contributed by atoms with van der Waals surface area (Å²) < 4.78 is 0. The molecular formula is C15H26O. The molecule has 1 rings (SSSR count). The minimum atomic E-state index is 0.203. The van der Waals surface area contributed by atoms with Gasteiger partial charge in [0.15, 0.2) is 0 Å². The van der Waals surface area contributed by atoms with Gasteiger partial charge in [-0.05, 0) is 43.9 Å². The molecule has 0 spiro atoms. The van der Waals surface area contributed by atoms with E-state index in [1.807, 2.05) is 0 Å². The molecular weight excluding hydrogens is 196 g/mol. The van der Waals surface area contributed by atoms with Gasteiger partial charge in [-0.3, -0.25) is 4.79 Å². The van der Waals surface area contributed by atoms with E-state index in [4.69, 9.17) is 0 Å². The predicted molar refractivity (Wildman–Crippen MR) is 69.4 cm³/mol. The molecule has 0 N–H and O–H groups in total. The van der Waals surface area contributed by atoms with Gasteiger partial charge in [0.25, 0.3) is 0 Å². The van der Waals surface area contributed by atoms with Crippen LogP contribution >= 0.6 is 0 Å². The number of rotatable bonds is 3. The van der Waals surface area contributed by atoms with E-state index in [2.05, 4.69) is 40.7 Å². The van der Waals surface area contributed by atoms with Gasteiger partial charge in [0.05, 0.1) is 0 Å². The summed E-state index contributed by atoms with van der Waals surface area (Å²) in [7, 11) is 0. The Labute approximate surface area is 100 Å². The van der Waals surface area contributed by atoms with Crippen molar-refractivity contribution in [1.82, 2.24) is 0 Å². The highest BCUT2D eigenvalue weighted by molar-refractivity contribution is 5.80. The number of Topliss-reactive ketones (excluding diaryl/α,β-unsaturated/α-hetero) is 1. The van der Waals surface area contributed by atoms with Crippen LogP contribution in [-0.4, -0.2) is 5.78 Å². The monoisotopic (exact) mass is 222 g/mol. The molecule has 0 aromatic rings. The van der Waals surface area contributed by atoms with E-state index < -0.39 is 0 Å². The molecule has 1 aliphatic rings. The van der Waals surface area contributed by atoms with Crippen molar-refractivity contribution in [2.45, 2.75) is 66.7 Å². The fourth-order valence-electron chi connectivity index (χ4n) is 3.24. The van der Waals surface area contributed by atoms with Gasteiger partial charge in [-0.1, -0.05) is 32.4 Å². The lowest BCUT2D eigenvalue weighted by molar-refractivity contribution is -0.127. The van der Waals surface area contributed by atoms with E-state index in [9.17, 15) is 4.79 Å². The van der Waals surface area contributed by atoms with Crippen LogP contribution in [0.5, 0.6) is 0 Å². The zero-order valence-corrected chi connectivity index (χ0v) is 11.5. The molecule has 0 amide bonds. The molecule has 0 aromatic heterocycles. The summed E-state index contributed by atoms with van der Waals surface area (Å²) in [5, 5.41) is 0. The van der Waals surface area contributed by atoms with Crippen LogP contribution in [-0.2, 0) is 4.79 Å². The quantitative estimate of drug-likeness (QED) is 0.642. The first-order chi connectivity index (χ1) is 7.22. The molecule has 1 fully saturated rings. The Kier molecular flexibility index (Phi) is 3.98. The molecule has 1 nitrogen and oxygen atoms in total. The number of hydrogen-bond acceptors (Lipinski definition) is 1. The molecule has 16 heavy (non-hydrogen) atoms. The van der Waals surface area contributed by atoms with Gasteiger partial charge in [-0.25, -0.2) is 0 Å². The number of ketones is 1. The fourth-order valence-corrected chi connectivity index (χ4v) is 3.24. The van der Waals surface area contributed by atoms with Gasteiger partial charge >= 0.3 is 0 Å². The van der Waals surface area contributed by atoms with Crippen molar-refractivity contribution >= 4 is 5.78 Å². The number of carbonyl (C=O) groups excluding carboxylic acids is 1. The lowest BCUT2D eigenvalue weighted by Gasteiger charge is -2.42. The molecule has 0 aromatic carbocycles. The Morgan fingerprint density at radius 1 is 1.25 bits per heavy atom. The normalized spacial score (nSPS) is 28.9. The molecule has 1 aliphatic carbocycles. The average Bonchev–Trinajstić information content (AvgIpc) is 1.96. The highest BCUT2D eigenvalue weighted by Gasteiger charge is 2.39. The summed E-state index contributed by atoms with van der Waals surface area (Å²) in [6.07, 6.45) is 7.29. The molecule has 0 aliphatic heterocycles. The topological polar surface area (TPSA) is 17.1 Å². The maximum absolute atomic E-state index is 11.8. The number of hydrogen-bond donors (Lipinski definition) is 0. The van der Waals surface area contributed by atoms with Crippen LogP contribution in [0.15, 0.2) is 11.6 Å². The Morgan fingerprint density at radius 3 is 2.38 bits per heavy atom. The first-order valence-electron chi connectivity index (χ1n) is 6.38. The summed E-state index contributed by atoms with van der Waals surface area (Å²) in [6, 6.07) is 0. The van der Waals surface area contributed by atoms with E-state index in [1.54, 1.807) is 0 Å². The summed E-state index contributed by atoms with van der Waals surface area (Å²) in [4.78, 5) is 11.8. The van der Waals surface area contributed by atoms with Crippen LogP contribution in [0, 0.1) is 10.8 Å². The summed E-state index contributed by atoms with van der Waals surface area (Å²) in [5.74, 6) is 0.455. The number of carbonyl (C=O) groups is 1. The molecule has 1 atom stereocenters. The van der Waals surface area contributed by atoms with Crippen molar-refractivity contribution in [1.29, 1.82) is 0 Å². The first kappa shape index (κ1) is 13.5. The molecule has 92 valence electrons. The maximum Gasteiger partial charge on any atom is 0.133 e. The second-order valence-electron chi connectivity index (χ2n) is 6.86. The summed E-state index contributed by atoms with van der Waals surface area (Å²) in [5.41, 5.74) is 1.81. The largest absolute Gasteiger partial charge is 0.300 e. The Balaban J connectivity index is 2.62. The van der Waals surface area contributed by atoms with Crippen LogP contribution in [0.3, 0.4) is 0 Å². The lowest BCUT2D eigenvalue weighted by Crippen LogP contribution is -2.35. The molecule has 1 heteroatoms. The van der Waals surface area contributed by atoms with Crippen molar-refractivity contribution < 1.29 is 4.79 Å². The van der Waals surface area contributed by atoms with Crippen molar-refractivity contribution in [3.8, 4) is 0 Å². The van der Waals surface area contributed by atoms with Gasteiger partial charge < -0.3 is 0 Å². The zero-order chi connectivity index (χ0) is 12.4. The third-order valence-corrected chi connectivity index (χ3v) is 3.51. The third kappa shape index (κ3) is 4.11. The van der Waals surface area contributed by atoms with Crippen molar-refractivity contribution in [3.63, 3.8) is 0 Å². The van der Waals surface area contributed by atoms with Crippen LogP contribution in [0.25, 0.3) is 0 Å². The zero-order valence-electron chi connectivity index (χ0n) is 11.5. The molecule has 0 heterocycles. The van der Waals surface area contributed by atoms with E-state index in [-0.39, 0.29) is 10.8 Å². The predicted octanol–water partition coefficient (Wildman–Crippen LogP) is 4.52. The van der Waals surface area contributed by atoms with E-state index in [1.165, 1.54) is 12.0 Å². The van der Waals surface area contributed by atoms with Crippen LogP contribution in [0.4, 0.5) is 0 Å². The minimum Gasteiger partial charge on any atom is -0.300 e. The van der Waals surface area contributed by atoms with Crippen molar-refractivity contribution in [2.24, 2.45) is 10.8 Å². The van der Waals surface area contributed by atoms with Crippen molar-refractivity contribution in [3.05, 3.63) is 11.6 Å². The Morgan fingerprint density at radius 2 is 1.88 bits per heavy atom. The molecule has 0 bridgehead atoms. The summed E-state index contributed by atoms with van der Waals surface area (Å²) in [6.45, 7) is 11.0. The second-order valence-corrected chi connectivity index (χ2v) is 6.86. The molecule has 1 saturated carbocycles. The maximum atomic E-state index is 11.8. The lowest BCUT2D eigenvalue weighted by atomic mass is 9.62. The second kappa shape index (κ2) is 4.73. The highest BCUT2D eigenvalue weighted by Crippen LogP contribution is 2.46. The Hall–Kier alpha value is -0.590. The fraction of sp³-hybridized carbons (Fsp3) is 0.800. The highest BCUT2D eigenvalue weighted by atomic mass is 16.1. The van der Waals surface area contributed by atoms with E-state index >= 15 is 0 Å². The SMILES string of the molecule is CC(C)=CCC[C@@]1(C)CC(=O)CC(C)(C)C1. The minimum absolute atomic E-state index is 0.203. The van der Waals surface area contributed by atoms with E-state index in [0.29, 0.717) is 5.78 Å². The average molecular weight is 222 g/mol. The van der Waals surface area contributed by atoms with Crippen LogP contribution in [0.1, 0.15) is 66.7 Å². The van der Waals surface area contributed by atoms with Crippen LogP contribution < -0.4 is 0 Å². The van der Waals surface area contributed by atoms with E-state index in [0.717, 1.165) is 25.7 Å². The van der Waals surface area contributed by atoms with Crippen LogP contribution in [0.2, 0.25) is 0 Å². The summed E-state index contributed by atoms with van der Waals surface area (Å²) >= 11 is 0. The van der Waals surface area contributed by atoms with Crippen molar-refractivity contribution in [2.75, 3.05) is 0 Å². The standard InChI is InChI=1S/C15H26O/c1-12(2)7-6-8-15(5)10-13(16)9-14(3,4)11-15/h7H,6,8-11H2,1-5H3/t15-/m0/s1. The first-order valence-corrected chi connectivity index (χ1v) is 6.38. The smallest absolute Gasteiger partial charge is 0.133 e. The van der Waals surface area contributed by atoms with Gasteiger partial charge in [0.2, 0.25) is 0 Å². The number of allylic oxidation sites excluding steroid dienone is 2. The van der Waals surface area contributed by atoms with Gasteiger partial charge in [0, 0.05) is 12.8 Å². The third-order valence-electron chi connectivity index (χ3n) is 3.51. The molecule has 0 saturated heterocycles. The van der Waals surface area contributed by atoms with Gasteiger partial charge in [-0.15, -0.1) is 0 Å². The van der Waals surface area contributed by atoms with Gasteiger partial charge in [0.1, 0.15) is 5.78 Å².